The van der Waals surface area contributed by atoms with Crippen LogP contribution in [0.15, 0.2) is 10.6 Å². The molecule has 114 valence electrons. The number of anilines is 1. The van der Waals surface area contributed by atoms with Gasteiger partial charge in [0.05, 0.1) is 18.8 Å². The zero-order valence-corrected chi connectivity index (χ0v) is 10.9. The SMILES string of the molecule is Cc1cc(NC(=O)CN(CCCO)CC(F)(F)F)on1. The lowest BCUT2D eigenvalue weighted by atomic mass is 10.3. The minimum absolute atomic E-state index is 0.0289. The number of nitrogens with zero attached hydrogens (tertiary/aromatic N) is 2. The van der Waals surface area contributed by atoms with Crippen LogP contribution in [-0.2, 0) is 4.79 Å². The first-order chi connectivity index (χ1) is 9.30. The molecule has 9 heteroatoms. The number of aryl methyl sites for hydroxylation is 1. The molecule has 0 saturated heterocycles. The summed E-state index contributed by atoms with van der Waals surface area (Å²) in [7, 11) is 0. The third-order valence-electron chi connectivity index (χ3n) is 2.29. The normalized spacial score (nSPS) is 11.9. The number of nitrogens with one attached hydrogen (secondary N) is 1. The van der Waals surface area contributed by atoms with Gasteiger partial charge in [0.2, 0.25) is 11.8 Å². The first-order valence-corrected chi connectivity index (χ1v) is 5.93. The number of amides is 1. The van der Waals surface area contributed by atoms with E-state index in [9.17, 15) is 18.0 Å². The fraction of sp³-hybridized carbons (Fsp3) is 0.636. The second kappa shape index (κ2) is 7.25. The summed E-state index contributed by atoms with van der Waals surface area (Å²) in [5.74, 6) is -0.551. The highest BCUT2D eigenvalue weighted by atomic mass is 19.4. The third-order valence-corrected chi connectivity index (χ3v) is 2.29. The van der Waals surface area contributed by atoms with Crippen molar-refractivity contribution in [1.82, 2.24) is 10.1 Å². The topological polar surface area (TPSA) is 78.6 Å². The van der Waals surface area contributed by atoms with Gasteiger partial charge in [-0.3, -0.25) is 15.0 Å². The smallest absolute Gasteiger partial charge is 0.396 e. The van der Waals surface area contributed by atoms with Gasteiger partial charge in [0.15, 0.2) is 0 Å². The van der Waals surface area contributed by atoms with Crippen LogP contribution in [0, 0.1) is 6.92 Å². The number of aromatic nitrogens is 1. The van der Waals surface area contributed by atoms with Gasteiger partial charge in [-0.15, -0.1) is 0 Å². The lowest BCUT2D eigenvalue weighted by Crippen LogP contribution is -2.40. The van der Waals surface area contributed by atoms with Crippen LogP contribution in [-0.4, -0.2) is 53.5 Å². The Morgan fingerprint density at radius 2 is 2.25 bits per heavy atom. The lowest BCUT2D eigenvalue weighted by molar-refractivity contribution is -0.148. The van der Waals surface area contributed by atoms with Crippen molar-refractivity contribution in [3.05, 3.63) is 11.8 Å². The average molecular weight is 295 g/mol. The summed E-state index contributed by atoms with van der Waals surface area (Å²) >= 11 is 0. The summed E-state index contributed by atoms with van der Waals surface area (Å²) < 4.78 is 41.8. The molecule has 0 fully saturated rings. The van der Waals surface area contributed by atoms with E-state index in [4.69, 9.17) is 9.63 Å². The highest BCUT2D eigenvalue weighted by molar-refractivity contribution is 5.90. The monoisotopic (exact) mass is 295 g/mol. The van der Waals surface area contributed by atoms with E-state index in [1.54, 1.807) is 6.92 Å². The van der Waals surface area contributed by atoms with Gasteiger partial charge in [0, 0.05) is 19.2 Å². The number of aliphatic hydroxyl groups excluding tert-OH is 1. The minimum Gasteiger partial charge on any atom is -0.396 e. The van der Waals surface area contributed by atoms with Gasteiger partial charge < -0.3 is 9.63 Å². The maximum atomic E-state index is 12.3. The molecule has 0 radical (unpaired) electrons. The standard InChI is InChI=1S/C11H16F3N3O3/c1-8-5-10(20-16-8)15-9(19)6-17(3-2-4-18)7-11(12,13)14/h5,18H,2-4,6-7H2,1H3,(H,15,19). The summed E-state index contributed by atoms with van der Waals surface area (Å²) in [4.78, 5) is 12.5. The Balaban J connectivity index is 2.52. The first-order valence-electron chi connectivity index (χ1n) is 5.93. The number of alkyl halides is 3. The van der Waals surface area contributed by atoms with Gasteiger partial charge in [-0.1, -0.05) is 5.16 Å². The van der Waals surface area contributed by atoms with Crippen LogP contribution < -0.4 is 5.32 Å². The van der Waals surface area contributed by atoms with Crippen molar-refractivity contribution in [3.63, 3.8) is 0 Å². The van der Waals surface area contributed by atoms with E-state index < -0.39 is 25.2 Å². The predicted octanol–water partition coefficient (Wildman–Crippen LogP) is 1.17. The molecule has 0 aliphatic heterocycles. The van der Waals surface area contributed by atoms with Crippen LogP contribution in [0.3, 0.4) is 0 Å². The van der Waals surface area contributed by atoms with Crippen molar-refractivity contribution < 1.29 is 27.6 Å². The van der Waals surface area contributed by atoms with Crippen molar-refractivity contribution in [1.29, 1.82) is 0 Å². The molecule has 1 aromatic heterocycles. The number of hydrogen-bond acceptors (Lipinski definition) is 5. The Hall–Kier alpha value is -1.61. The van der Waals surface area contributed by atoms with E-state index in [0.717, 1.165) is 4.90 Å². The molecule has 0 atom stereocenters. The van der Waals surface area contributed by atoms with E-state index in [1.165, 1.54) is 6.07 Å². The summed E-state index contributed by atoms with van der Waals surface area (Å²) in [5, 5.41) is 14.5. The molecule has 0 spiro atoms. The third kappa shape index (κ3) is 6.53. The molecular weight excluding hydrogens is 279 g/mol. The van der Waals surface area contributed by atoms with Crippen LogP contribution in [0.5, 0.6) is 0 Å². The van der Waals surface area contributed by atoms with E-state index in [2.05, 4.69) is 10.5 Å². The fourth-order valence-electron chi connectivity index (χ4n) is 1.56. The highest BCUT2D eigenvalue weighted by Crippen LogP contribution is 2.16. The van der Waals surface area contributed by atoms with Gasteiger partial charge in [-0.05, 0) is 13.3 Å². The van der Waals surface area contributed by atoms with Gasteiger partial charge in [0.1, 0.15) is 0 Å². The number of rotatable bonds is 7. The molecule has 20 heavy (non-hydrogen) atoms. The van der Waals surface area contributed by atoms with Crippen LogP contribution in [0.25, 0.3) is 0 Å². The molecule has 0 aliphatic rings. The van der Waals surface area contributed by atoms with Crippen LogP contribution in [0.2, 0.25) is 0 Å². The number of carbonyl (C=O) groups excluding carboxylic acids is 1. The number of carbonyl (C=O) groups is 1. The van der Waals surface area contributed by atoms with Crippen molar-refractivity contribution in [2.24, 2.45) is 0 Å². The average Bonchev–Trinajstić information content (AvgIpc) is 2.69. The van der Waals surface area contributed by atoms with Crippen molar-refractivity contribution in [3.8, 4) is 0 Å². The lowest BCUT2D eigenvalue weighted by Gasteiger charge is -2.22. The second-order valence-electron chi connectivity index (χ2n) is 4.28. The van der Waals surface area contributed by atoms with E-state index in [-0.39, 0.29) is 25.5 Å². The van der Waals surface area contributed by atoms with Crippen molar-refractivity contribution >= 4 is 11.8 Å². The van der Waals surface area contributed by atoms with Crippen molar-refractivity contribution in [2.75, 3.05) is 31.6 Å². The molecule has 2 N–H and O–H groups in total. The second-order valence-corrected chi connectivity index (χ2v) is 4.28. The molecule has 1 rings (SSSR count). The Labute approximate surface area is 113 Å². The Morgan fingerprint density at radius 3 is 2.75 bits per heavy atom. The Morgan fingerprint density at radius 1 is 1.55 bits per heavy atom. The maximum Gasteiger partial charge on any atom is 0.401 e. The van der Waals surface area contributed by atoms with Gasteiger partial charge in [-0.2, -0.15) is 13.2 Å². The fourth-order valence-corrected chi connectivity index (χ4v) is 1.56. The summed E-state index contributed by atoms with van der Waals surface area (Å²) in [6.45, 7) is -0.276. The Bertz CT molecular complexity index is 434. The number of aliphatic hydroxyl groups is 1. The predicted molar refractivity (Wildman–Crippen MR) is 64.1 cm³/mol. The molecular formula is C11H16F3N3O3. The van der Waals surface area contributed by atoms with Gasteiger partial charge in [-0.25, -0.2) is 0 Å². The number of hydrogen-bond donors (Lipinski definition) is 2. The molecule has 1 heterocycles. The maximum absolute atomic E-state index is 12.3. The molecule has 6 nitrogen and oxygen atoms in total. The molecule has 0 aliphatic carbocycles. The molecule has 0 saturated carbocycles. The molecule has 1 amide bonds. The zero-order chi connectivity index (χ0) is 15.2. The van der Waals surface area contributed by atoms with E-state index in [0.29, 0.717) is 5.69 Å². The first kappa shape index (κ1) is 16.4. The van der Waals surface area contributed by atoms with Gasteiger partial charge in [0.25, 0.3) is 0 Å². The van der Waals surface area contributed by atoms with Crippen LogP contribution in [0.4, 0.5) is 19.1 Å². The van der Waals surface area contributed by atoms with Crippen LogP contribution >= 0.6 is 0 Å². The molecule has 1 aromatic rings. The minimum atomic E-state index is -4.40. The van der Waals surface area contributed by atoms with Crippen LogP contribution in [0.1, 0.15) is 12.1 Å². The Kier molecular flexibility index (Phi) is 5.96. The van der Waals surface area contributed by atoms with Crippen molar-refractivity contribution in [2.45, 2.75) is 19.5 Å². The quantitative estimate of drug-likeness (QED) is 0.789. The van der Waals surface area contributed by atoms with E-state index in [1.807, 2.05) is 0 Å². The molecule has 0 unspecified atom stereocenters. The molecule has 0 aromatic carbocycles. The zero-order valence-electron chi connectivity index (χ0n) is 10.9. The van der Waals surface area contributed by atoms with Gasteiger partial charge >= 0.3 is 6.18 Å². The number of halogens is 3. The molecule has 0 bridgehead atoms. The van der Waals surface area contributed by atoms with E-state index >= 15 is 0 Å². The summed E-state index contributed by atoms with van der Waals surface area (Å²) in [5.41, 5.74) is 0.549. The largest absolute Gasteiger partial charge is 0.401 e. The summed E-state index contributed by atoms with van der Waals surface area (Å²) in [6, 6.07) is 1.46. The summed E-state index contributed by atoms with van der Waals surface area (Å²) in [6.07, 6.45) is -4.25. The highest BCUT2D eigenvalue weighted by Gasteiger charge is 2.31.